The van der Waals surface area contributed by atoms with E-state index in [1.165, 1.54) is 97.7 Å². The zero-order chi connectivity index (χ0) is 41.3. The summed E-state index contributed by atoms with van der Waals surface area (Å²) in [6, 6.07) is 62.4. The van der Waals surface area contributed by atoms with Crippen molar-refractivity contribution < 1.29 is 0 Å². The van der Waals surface area contributed by atoms with Gasteiger partial charge in [0.15, 0.2) is 8.07 Å². The number of allylic oxidation sites excluding steroid dienone is 5. The van der Waals surface area contributed by atoms with Gasteiger partial charge < -0.3 is 9.13 Å². The maximum absolute atomic E-state index is 4.13. The molecule has 9 aromatic rings. The van der Waals surface area contributed by atoms with Gasteiger partial charge in [-0.3, -0.25) is 0 Å². The van der Waals surface area contributed by atoms with E-state index in [1.54, 1.807) is 0 Å². The Morgan fingerprint density at radius 1 is 0.574 bits per heavy atom. The van der Waals surface area contributed by atoms with Crippen LogP contribution in [0.1, 0.15) is 44.7 Å². The Hall–Kier alpha value is -6.94. The second-order valence-electron chi connectivity index (χ2n) is 17.1. The normalized spacial score (nSPS) is 15.1. The molecule has 0 aliphatic heterocycles. The molecule has 0 amide bonds. The predicted octanol–water partition coefficient (Wildman–Crippen LogP) is 10.4. The number of rotatable bonds is 7. The lowest BCUT2D eigenvalue weighted by Gasteiger charge is -2.34. The number of fused-ring (bicyclic) bond motifs is 7. The largest absolute Gasteiger partial charge is 0.313 e. The molecule has 2 nitrogen and oxygen atoms in total. The highest BCUT2D eigenvalue weighted by molar-refractivity contribution is 7.20. The molecule has 0 unspecified atom stereocenters. The molecule has 0 atom stereocenters. The molecule has 2 heterocycles. The van der Waals surface area contributed by atoms with Gasteiger partial charge in [0.1, 0.15) is 0 Å². The van der Waals surface area contributed by atoms with Crippen molar-refractivity contribution >= 4 is 79.4 Å². The summed E-state index contributed by atoms with van der Waals surface area (Å²) in [6.45, 7) is 11.0. The molecule has 0 N–H and O–H groups in total. The van der Waals surface area contributed by atoms with Gasteiger partial charge in [0.05, 0.1) is 16.6 Å². The molecule has 0 bridgehead atoms. The summed E-state index contributed by atoms with van der Waals surface area (Å²) in [7, 11) is -2.91. The van der Waals surface area contributed by atoms with Gasteiger partial charge in [-0.2, -0.15) is 0 Å². The Balaban J connectivity index is 1.17. The van der Waals surface area contributed by atoms with Gasteiger partial charge in [-0.25, -0.2) is 0 Å². The van der Waals surface area contributed by atoms with E-state index in [-0.39, 0.29) is 5.41 Å². The minimum atomic E-state index is -2.91. The molecular weight excluding hydrogens is 753 g/mol. The summed E-state index contributed by atoms with van der Waals surface area (Å²) >= 11 is 0. The molecule has 0 saturated carbocycles. The summed E-state index contributed by atoms with van der Waals surface area (Å²) in [5.41, 5.74) is 11.6. The molecule has 0 fully saturated rings. The maximum atomic E-state index is 4.13. The van der Waals surface area contributed by atoms with Crippen LogP contribution < -0.4 is 31.3 Å². The van der Waals surface area contributed by atoms with Gasteiger partial charge in [0.2, 0.25) is 0 Å². The van der Waals surface area contributed by atoms with E-state index in [0.717, 1.165) is 12.8 Å². The standard InChI is InChI=1S/C58H48N2Si/c1-5-20-47-49-36-35-45(37-56(49)59(54(47)6-2)40-21-10-7-11-22-40)61(42-23-12-8-13-24-42,43-25-14-9-15-26-43)44-33-31-41(32-34-44)60-55-30-19-17-28-48(55)51-38-53-50(39-57(51)60)46-27-16-18-29-52(46)58(53,3)4/h5-10,12-21,23-39H,1,11,22H2,2-4H3/b47-20-,54-6+. The monoisotopic (exact) mass is 800 g/mol. The Morgan fingerprint density at radius 2 is 1.23 bits per heavy atom. The second-order valence-corrected chi connectivity index (χ2v) is 21.0. The minimum Gasteiger partial charge on any atom is -0.313 e. The van der Waals surface area contributed by atoms with Crippen LogP contribution in [0.15, 0.2) is 195 Å². The van der Waals surface area contributed by atoms with Crippen molar-refractivity contribution in [2.75, 3.05) is 0 Å². The van der Waals surface area contributed by atoms with Crippen LogP contribution in [0.2, 0.25) is 0 Å². The van der Waals surface area contributed by atoms with Gasteiger partial charge in [-0.15, -0.1) is 0 Å². The summed E-state index contributed by atoms with van der Waals surface area (Å²) in [5.74, 6) is 0. The van der Waals surface area contributed by atoms with Crippen LogP contribution in [0, 0.1) is 0 Å². The quantitative estimate of drug-likeness (QED) is 0.112. The van der Waals surface area contributed by atoms with Crippen molar-refractivity contribution in [2.24, 2.45) is 0 Å². The van der Waals surface area contributed by atoms with Crippen molar-refractivity contribution in [3.63, 3.8) is 0 Å². The van der Waals surface area contributed by atoms with E-state index >= 15 is 0 Å². The Bertz CT molecular complexity index is 3350. The molecule has 2 aliphatic rings. The molecule has 294 valence electrons. The van der Waals surface area contributed by atoms with Gasteiger partial charge in [0, 0.05) is 43.5 Å². The van der Waals surface area contributed by atoms with E-state index < -0.39 is 8.07 Å². The topological polar surface area (TPSA) is 9.86 Å². The number of hydrogen-bond donors (Lipinski definition) is 0. The lowest BCUT2D eigenvalue weighted by Crippen LogP contribution is -2.74. The predicted molar refractivity (Wildman–Crippen MR) is 264 cm³/mol. The van der Waals surface area contributed by atoms with Crippen LogP contribution in [0.5, 0.6) is 0 Å². The van der Waals surface area contributed by atoms with Crippen LogP contribution in [0.3, 0.4) is 0 Å². The molecule has 3 heteroatoms. The summed E-state index contributed by atoms with van der Waals surface area (Å²) in [6.07, 6.45) is 15.2. The van der Waals surface area contributed by atoms with E-state index in [1.807, 2.05) is 6.08 Å². The van der Waals surface area contributed by atoms with E-state index in [2.05, 4.69) is 231 Å². The van der Waals surface area contributed by atoms with Crippen LogP contribution in [0.4, 0.5) is 0 Å². The highest BCUT2D eigenvalue weighted by atomic mass is 28.3. The first-order valence-corrected chi connectivity index (χ1v) is 23.6. The van der Waals surface area contributed by atoms with Crippen LogP contribution in [-0.2, 0) is 5.41 Å². The van der Waals surface area contributed by atoms with Crippen molar-refractivity contribution in [1.82, 2.24) is 9.13 Å². The second kappa shape index (κ2) is 14.4. The highest BCUT2D eigenvalue weighted by Gasteiger charge is 2.42. The maximum Gasteiger partial charge on any atom is 0.179 e. The first kappa shape index (κ1) is 37.1. The van der Waals surface area contributed by atoms with Gasteiger partial charge >= 0.3 is 0 Å². The number of hydrogen-bond acceptors (Lipinski definition) is 0. The number of para-hydroxylation sites is 1. The summed E-state index contributed by atoms with van der Waals surface area (Å²) in [4.78, 5) is 0. The zero-order valence-electron chi connectivity index (χ0n) is 35.1. The van der Waals surface area contributed by atoms with Gasteiger partial charge in [0.25, 0.3) is 0 Å². The van der Waals surface area contributed by atoms with Crippen LogP contribution >= 0.6 is 0 Å². The third kappa shape index (κ3) is 5.47. The average molecular weight is 801 g/mol. The number of benzene rings is 7. The van der Waals surface area contributed by atoms with Crippen molar-refractivity contribution in [2.45, 2.75) is 39.0 Å². The van der Waals surface area contributed by atoms with E-state index in [4.69, 9.17) is 0 Å². The molecule has 2 aromatic heterocycles. The fraction of sp³-hybridized carbons (Fsp3) is 0.103. The van der Waals surface area contributed by atoms with E-state index in [9.17, 15) is 0 Å². The highest BCUT2D eigenvalue weighted by Crippen LogP contribution is 2.51. The van der Waals surface area contributed by atoms with Gasteiger partial charge in [-0.05, 0) is 105 Å². The van der Waals surface area contributed by atoms with Crippen molar-refractivity contribution in [3.8, 4) is 16.8 Å². The lowest BCUT2D eigenvalue weighted by molar-refractivity contribution is 0.661. The molecule has 0 radical (unpaired) electrons. The van der Waals surface area contributed by atoms with Crippen LogP contribution in [-0.4, -0.2) is 17.2 Å². The summed E-state index contributed by atoms with van der Waals surface area (Å²) < 4.78 is 5.00. The first-order valence-electron chi connectivity index (χ1n) is 21.6. The number of aromatic nitrogens is 2. The van der Waals surface area contributed by atoms with Crippen LogP contribution in [0.25, 0.3) is 67.4 Å². The fourth-order valence-corrected chi connectivity index (χ4v) is 15.6. The Kier molecular flexibility index (Phi) is 8.73. The van der Waals surface area contributed by atoms with Gasteiger partial charge in [-0.1, -0.05) is 178 Å². The minimum absolute atomic E-state index is 0.0648. The Labute approximate surface area is 359 Å². The Morgan fingerprint density at radius 3 is 1.93 bits per heavy atom. The van der Waals surface area contributed by atoms with Crippen molar-refractivity contribution in [1.29, 1.82) is 0 Å². The van der Waals surface area contributed by atoms with E-state index in [0.29, 0.717) is 0 Å². The molecule has 0 spiro atoms. The lowest BCUT2D eigenvalue weighted by atomic mass is 9.82. The smallest absolute Gasteiger partial charge is 0.179 e. The molecule has 2 aliphatic carbocycles. The average Bonchev–Trinajstić information content (AvgIpc) is 3.89. The fourth-order valence-electron chi connectivity index (χ4n) is 10.9. The SMILES string of the molecule is C=C/C=c1\c(=C/C)n(C2=CC=CCC2)c2cc([Si](c3ccccc3)(c3ccccc3)c3ccc(-n4c5ccccc5c5cc6c(cc54)-c4ccccc4C6(C)C)cc3)ccc12. The number of nitrogens with zero attached hydrogens (tertiary/aromatic N) is 2. The first-order chi connectivity index (χ1) is 29.9. The molecule has 0 saturated heterocycles. The zero-order valence-corrected chi connectivity index (χ0v) is 36.1. The summed E-state index contributed by atoms with van der Waals surface area (Å²) in [5, 5.41) is 11.7. The molecule has 7 aromatic carbocycles. The molecule has 11 rings (SSSR count). The molecular formula is C58H48N2Si. The van der Waals surface area contributed by atoms with Crippen molar-refractivity contribution in [3.05, 3.63) is 216 Å². The third-order valence-corrected chi connectivity index (χ3v) is 18.4. The molecule has 61 heavy (non-hydrogen) atoms. The third-order valence-electron chi connectivity index (χ3n) is 13.7.